The van der Waals surface area contributed by atoms with E-state index < -0.39 is 5.91 Å². The van der Waals surface area contributed by atoms with Crippen LogP contribution in [0.1, 0.15) is 16.9 Å². The summed E-state index contributed by atoms with van der Waals surface area (Å²) in [5.41, 5.74) is 3.42. The Morgan fingerprint density at radius 2 is 1.89 bits per heavy atom. The summed E-state index contributed by atoms with van der Waals surface area (Å²) in [7, 11) is 0. The molecule has 134 valence electrons. The first kappa shape index (κ1) is 18.5. The molecule has 0 aliphatic carbocycles. The van der Waals surface area contributed by atoms with E-state index in [2.05, 4.69) is 5.32 Å². The lowest BCUT2D eigenvalue weighted by Crippen LogP contribution is -2.14. The van der Waals surface area contributed by atoms with Crippen molar-refractivity contribution in [1.29, 1.82) is 5.26 Å². The lowest BCUT2D eigenvalue weighted by atomic mass is 10.1. The van der Waals surface area contributed by atoms with Gasteiger partial charge in [-0.15, -0.1) is 0 Å². The van der Waals surface area contributed by atoms with Gasteiger partial charge in [0.05, 0.1) is 0 Å². The van der Waals surface area contributed by atoms with Crippen LogP contribution in [-0.2, 0) is 4.79 Å². The highest BCUT2D eigenvalue weighted by atomic mass is 35.5. The van der Waals surface area contributed by atoms with E-state index in [1.807, 2.05) is 56.3 Å². The van der Waals surface area contributed by atoms with Crippen LogP contribution >= 0.6 is 11.6 Å². The first-order chi connectivity index (χ1) is 13.0. The molecule has 4 nitrogen and oxygen atoms in total. The van der Waals surface area contributed by atoms with Crippen LogP contribution in [0.15, 0.2) is 64.6 Å². The van der Waals surface area contributed by atoms with Crippen molar-refractivity contribution in [2.75, 3.05) is 5.32 Å². The minimum atomic E-state index is -0.483. The molecule has 3 aromatic rings. The van der Waals surface area contributed by atoms with E-state index in [0.717, 1.165) is 16.7 Å². The average Bonchev–Trinajstić information content (AvgIpc) is 3.12. The van der Waals surface area contributed by atoms with Crippen LogP contribution in [0, 0.1) is 25.2 Å². The summed E-state index contributed by atoms with van der Waals surface area (Å²) >= 11 is 6.06. The molecular weight excluding hydrogens is 360 g/mol. The number of halogens is 1. The van der Waals surface area contributed by atoms with E-state index in [4.69, 9.17) is 16.0 Å². The third kappa shape index (κ3) is 4.28. The van der Waals surface area contributed by atoms with Gasteiger partial charge in [0.15, 0.2) is 0 Å². The Morgan fingerprint density at radius 1 is 1.11 bits per heavy atom. The van der Waals surface area contributed by atoms with E-state index >= 15 is 0 Å². The second-order valence-corrected chi connectivity index (χ2v) is 6.54. The predicted octanol–water partition coefficient (Wildman–Crippen LogP) is 5.76. The fourth-order valence-electron chi connectivity index (χ4n) is 2.63. The van der Waals surface area contributed by atoms with Crippen LogP contribution in [0.5, 0.6) is 0 Å². The second-order valence-electron chi connectivity index (χ2n) is 6.10. The SMILES string of the molecule is Cc1ccccc1NC(=O)/C(C#N)=C\c1ccc(-c2cc(Cl)ccc2C)o1. The number of hydrogen-bond acceptors (Lipinski definition) is 3. The highest BCUT2D eigenvalue weighted by Gasteiger charge is 2.13. The summed E-state index contributed by atoms with van der Waals surface area (Å²) < 4.78 is 5.80. The van der Waals surface area contributed by atoms with Crippen LogP contribution < -0.4 is 5.32 Å². The van der Waals surface area contributed by atoms with Crippen LogP contribution in [0.4, 0.5) is 5.69 Å². The quantitative estimate of drug-likeness (QED) is 0.464. The molecule has 0 atom stereocenters. The maximum atomic E-state index is 12.4. The third-order valence-electron chi connectivity index (χ3n) is 4.14. The monoisotopic (exact) mass is 376 g/mol. The number of carbonyl (C=O) groups excluding carboxylic acids is 1. The van der Waals surface area contributed by atoms with Crippen LogP contribution in [0.3, 0.4) is 0 Å². The van der Waals surface area contributed by atoms with Gasteiger partial charge in [-0.05, 0) is 55.3 Å². The van der Waals surface area contributed by atoms with Gasteiger partial charge >= 0.3 is 0 Å². The number of aryl methyl sites for hydroxylation is 2. The average molecular weight is 377 g/mol. The Morgan fingerprint density at radius 3 is 2.63 bits per heavy atom. The molecule has 1 amide bonds. The summed E-state index contributed by atoms with van der Waals surface area (Å²) in [5.74, 6) is 0.558. The van der Waals surface area contributed by atoms with E-state index in [9.17, 15) is 10.1 Å². The minimum Gasteiger partial charge on any atom is -0.457 e. The van der Waals surface area contributed by atoms with Gasteiger partial charge in [-0.1, -0.05) is 35.9 Å². The van der Waals surface area contributed by atoms with E-state index in [0.29, 0.717) is 22.2 Å². The van der Waals surface area contributed by atoms with Crippen LogP contribution in [0.2, 0.25) is 5.02 Å². The van der Waals surface area contributed by atoms with Crippen molar-refractivity contribution in [3.8, 4) is 17.4 Å². The normalized spacial score (nSPS) is 11.1. The first-order valence-electron chi connectivity index (χ1n) is 8.33. The Kier molecular flexibility index (Phi) is 5.44. The number of nitriles is 1. The first-order valence-corrected chi connectivity index (χ1v) is 8.71. The Balaban J connectivity index is 1.85. The lowest BCUT2D eigenvalue weighted by molar-refractivity contribution is -0.112. The summed E-state index contributed by atoms with van der Waals surface area (Å²) in [6.07, 6.45) is 1.43. The lowest BCUT2D eigenvalue weighted by Gasteiger charge is -2.06. The number of rotatable bonds is 4. The molecule has 0 aliphatic rings. The van der Waals surface area contributed by atoms with Crippen molar-refractivity contribution in [2.45, 2.75) is 13.8 Å². The van der Waals surface area contributed by atoms with Gasteiger partial charge < -0.3 is 9.73 Å². The maximum absolute atomic E-state index is 12.4. The molecule has 0 saturated carbocycles. The Bertz CT molecular complexity index is 1070. The minimum absolute atomic E-state index is 0.0398. The summed E-state index contributed by atoms with van der Waals surface area (Å²) in [6, 6.07) is 18.4. The van der Waals surface area contributed by atoms with Crippen LogP contribution in [-0.4, -0.2) is 5.91 Å². The summed E-state index contributed by atoms with van der Waals surface area (Å²) in [4.78, 5) is 12.4. The number of anilines is 1. The molecule has 0 saturated heterocycles. The van der Waals surface area contributed by atoms with Crippen LogP contribution in [0.25, 0.3) is 17.4 Å². The fourth-order valence-corrected chi connectivity index (χ4v) is 2.80. The van der Waals surface area contributed by atoms with Crippen molar-refractivity contribution < 1.29 is 9.21 Å². The molecule has 0 spiro atoms. The number of furan rings is 1. The van der Waals surface area contributed by atoms with Gasteiger partial charge in [0.2, 0.25) is 0 Å². The van der Waals surface area contributed by atoms with Crippen molar-refractivity contribution in [2.24, 2.45) is 0 Å². The number of amides is 1. The zero-order chi connectivity index (χ0) is 19.4. The molecule has 0 unspecified atom stereocenters. The summed E-state index contributed by atoms with van der Waals surface area (Å²) in [6.45, 7) is 3.84. The van der Waals surface area contributed by atoms with E-state index in [1.165, 1.54) is 6.08 Å². The molecular formula is C22H17ClN2O2. The van der Waals surface area contributed by atoms with Crippen molar-refractivity contribution in [3.63, 3.8) is 0 Å². The van der Waals surface area contributed by atoms with E-state index in [1.54, 1.807) is 18.2 Å². The van der Waals surface area contributed by atoms with Gasteiger partial charge in [-0.3, -0.25) is 4.79 Å². The highest BCUT2D eigenvalue weighted by molar-refractivity contribution is 6.30. The molecule has 1 heterocycles. The van der Waals surface area contributed by atoms with E-state index in [-0.39, 0.29) is 5.57 Å². The number of nitrogens with one attached hydrogen (secondary N) is 1. The fraction of sp³-hybridized carbons (Fsp3) is 0.0909. The van der Waals surface area contributed by atoms with Crippen molar-refractivity contribution >= 4 is 29.3 Å². The third-order valence-corrected chi connectivity index (χ3v) is 4.37. The zero-order valence-corrected chi connectivity index (χ0v) is 15.7. The molecule has 5 heteroatoms. The molecule has 0 bridgehead atoms. The molecule has 0 fully saturated rings. The van der Waals surface area contributed by atoms with Gasteiger partial charge in [0.25, 0.3) is 5.91 Å². The standard InChI is InChI=1S/C22H17ClN2O2/c1-14-7-8-17(23)12-19(14)21-10-9-18(27-21)11-16(13-24)22(26)25-20-6-4-3-5-15(20)2/h3-12H,1-2H3,(H,25,26)/b16-11-. The molecule has 1 N–H and O–H groups in total. The van der Waals surface area contributed by atoms with Gasteiger partial charge in [0, 0.05) is 22.3 Å². The number of carbonyl (C=O) groups is 1. The maximum Gasteiger partial charge on any atom is 0.266 e. The topological polar surface area (TPSA) is 66.0 Å². The molecule has 27 heavy (non-hydrogen) atoms. The highest BCUT2D eigenvalue weighted by Crippen LogP contribution is 2.29. The second kappa shape index (κ2) is 7.94. The number of benzene rings is 2. The molecule has 0 radical (unpaired) electrons. The molecule has 3 rings (SSSR count). The molecule has 2 aromatic carbocycles. The predicted molar refractivity (Wildman–Crippen MR) is 107 cm³/mol. The van der Waals surface area contributed by atoms with Gasteiger partial charge in [-0.25, -0.2) is 0 Å². The Labute approximate surface area is 162 Å². The number of nitrogens with zero attached hydrogens (tertiary/aromatic N) is 1. The summed E-state index contributed by atoms with van der Waals surface area (Å²) in [5, 5.41) is 12.7. The molecule has 1 aromatic heterocycles. The van der Waals surface area contributed by atoms with Gasteiger partial charge in [0.1, 0.15) is 23.2 Å². The zero-order valence-electron chi connectivity index (χ0n) is 14.9. The number of hydrogen-bond donors (Lipinski definition) is 1. The molecule has 0 aliphatic heterocycles. The van der Waals surface area contributed by atoms with Crippen molar-refractivity contribution in [3.05, 3.63) is 82.1 Å². The largest absolute Gasteiger partial charge is 0.457 e. The van der Waals surface area contributed by atoms with Gasteiger partial charge in [-0.2, -0.15) is 5.26 Å². The van der Waals surface area contributed by atoms with Crippen molar-refractivity contribution in [1.82, 2.24) is 0 Å². The number of para-hydroxylation sites is 1. The smallest absolute Gasteiger partial charge is 0.266 e. The Hall–Kier alpha value is -3.29.